The van der Waals surface area contributed by atoms with Crippen molar-refractivity contribution in [1.82, 2.24) is 19.6 Å². The minimum Gasteiger partial charge on any atom is -0.347 e. The molecule has 0 aromatic heterocycles. The van der Waals surface area contributed by atoms with Gasteiger partial charge in [-0.3, -0.25) is 19.3 Å². The molecule has 0 spiro atoms. The van der Waals surface area contributed by atoms with Crippen LogP contribution in [0.3, 0.4) is 0 Å². The Bertz CT molecular complexity index is 564. The molecule has 0 aromatic carbocycles. The average Bonchev–Trinajstić information content (AvgIpc) is 2.98. The van der Waals surface area contributed by atoms with E-state index in [0.29, 0.717) is 25.5 Å². The highest BCUT2D eigenvalue weighted by atomic mass is 16.2. The minimum atomic E-state index is -0.166. The third kappa shape index (κ3) is 5.04. The molecule has 7 nitrogen and oxygen atoms in total. The van der Waals surface area contributed by atoms with Crippen molar-refractivity contribution in [1.29, 1.82) is 0 Å². The molecule has 3 amide bonds. The van der Waals surface area contributed by atoms with E-state index in [1.807, 2.05) is 9.80 Å². The monoisotopic (exact) mass is 392 g/mol. The maximum Gasteiger partial charge on any atom is 0.239 e. The Balaban J connectivity index is 1.47. The van der Waals surface area contributed by atoms with E-state index in [4.69, 9.17) is 0 Å². The van der Waals surface area contributed by atoms with E-state index >= 15 is 0 Å². The predicted octanol–water partition coefficient (Wildman–Crippen LogP) is 1.18. The first kappa shape index (κ1) is 21.1. The van der Waals surface area contributed by atoms with Gasteiger partial charge in [-0.15, -0.1) is 0 Å². The standard InChI is InChI=1S/C21H36N4O3/c1-22(2)21(28)18-8-7-13-25(18)16-19(26)23-14-9-17(10-15-23)20(27)24-11-5-3-4-6-12-24/h17-18H,3-16H2,1-2H3. The molecule has 0 saturated carbocycles. The molecule has 3 aliphatic heterocycles. The van der Waals surface area contributed by atoms with Crippen LogP contribution < -0.4 is 0 Å². The second-order valence-electron chi connectivity index (χ2n) is 8.76. The van der Waals surface area contributed by atoms with Gasteiger partial charge in [0, 0.05) is 46.2 Å². The normalized spacial score (nSPS) is 24.9. The number of hydrogen-bond donors (Lipinski definition) is 0. The number of nitrogens with zero attached hydrogens (tertiary/aromatic N) is 4. The van der Waals surface area contributed by atoms with Gasteiger partial charge in [0.15, 0.2) is 0 Å². The summed E-state index contributed by atoms with van der Waals surface area (Å²) in [5, 5.41) is 0. The summed E-state index contributed by atoms with van der Waals surface area (Å²) < 4.78 is 0. The average molecular weight is 393 g/mol. The molecule has 1 unspecified atom stereocenters. The second kappa shape index (κ2) is 9.72. The SMILES string of the molecule is CN(C)C(=O)C1CCCN1CC(=O)N1CCC(C(=O)N2CCCCCC2)CC1. The summed E-state index contributed by atoms with van der Waals surface area (Å²) in [6, 6.07) is -0.166. The van der Waals surface area contributed by atoms with Crippen molar-refractivity contribution in [2.75, 3.05) is 53.4 Å². The smallest absolute Gasteiger partial charge is 0.239 e. The number of likely N-dealkylation sites (N-methyl/N-ethyl adjacent to an activating group) is 1. The Morgan fingerprint density at radius 1 is 0.786 bits per heavy atom. The van der Waals surface area contributed by atoms with Gasteiger partial charge in [0.25, 0.3) is 0 Å². The summed E-state index contributed by atoms with van der Waals surface area (Å²) in [7, 11) is 3.54. The Hall–Kier alpha value is -1.63. The van der Waals surface area contributed by atoms with Crippen molar-refractivity contribution in [2.45, 2.75) is 57.4 Å². The van der Waals surface area contributed by atoms with Crippen LogP contribution in [0.4, 0.5) is 0 Å². The lowest BCUT2D eigenvalue weighted by atomic mass is 9.95. The van der Waals surface area contributed by atoms with Crippen LogP contribution in [-0.4, -0.2) is 96.7 Å². The molecule has 0 bridgehead atoms. The highest BCUT2D eigenvalue weighted by molar-refractivity contribution is 5.84. The molecule has 1 atom stereocenters. The summed E-state index contributed by atoms with van der Waals surface area (Å²) >= 11 is 0. The number of likely N-dealkylation sites (tertiary alicyclic amines) is 3. The molecule has 3 heterocycles. The minimum absolute atomic E-state index is 0.0667. The number of rotatable bonds is 4. The van der Waals surface area contributed by atoms with Gasteiger partial charge in [-0.25, -0.2) is 0 Å². The van der Waals surface area contributed by atoms with Gasteiger partial charge in [-0.1, -0.05) is 12.8 Å². The van der Waals surface area contributed by atoms with E-state index in [1.54, 1.807) is 19.0 Å². The van der Waals surface area contributed by atoms with E-state index in [2.05, 4.69) is 4.90 Å². The zero-order valence-electron chi connectivity index (χ0n) is 17.6. The number of carbonyl (C=O) groups excluding carboxylic acids is 3. The predicted molar refractivity (Wildman–Crippen MR) is 108 cm³/mol. The Morgan fingerprint density at radius 2 is 1.43 bits per heavy atom. The number of piperidine rings is 1. The van der Waals surface area contributed by atoms with Gasteiger partial charge >= 0.3 is 0 Å². The lowest BCUT2D eigenvalue weighted by Gasteiger charge is -2.35. The Morgan fingerprint density at radius 3 is 2.04 bits per heavy atom. The molecule has 158 valence electrons. The molecule has 0 N–H and O–H groups in total. The van der Waals surface area contributed by atoms with Crippen molar-refractivity contribution in [3.63, 3.8) is 0 Å². The molecule has 0 aromatic rings. The van der Waals surface area contributed by atoms with E-state index < -0.39 is 0 Å². The Kier molecular flexibility index (Phi) is 7.32. The third-order valence-electron chi connectivity index (χ3n) is 6.54. The second-order valence-corrected chi connectivity index (χ2v) is 8.76. The fourth-order valence-corrected chi connectivity index (χ4v) is 4.79. The topological polar surface area (TPSA) is 64.2 Å². The van der Waals surface area contributed by atoms with Crippen LogP contribution in [0.1, 0.15) is 51.4 Å². The zero-order chi connectivity index (χ0) is 20.1. The van der Waals surface area contributed by atoms with Crippen LogP contribution >= 0.6 is 0 Å². The van der Waals surface area contributed by atoms with Gasteiger partial charge in [0.05, 0.1) is 12.6 Å². The van der Waals surface area contributed by atoms with Gasteiger partial charge in [-0.05, 0) is 45.1 Å². The number of amides is 3. The molecule has 3 fully saturated rings. The van der Waals surface area contributed by atoms with E-state index in [0.717, 1.165) is 58.2 Å². The van der Waals surface area contributed by atoms with Gasteiger partial charge in [0.2, 0.25) is 17.7 Å². The summed E-state index contributed by atoms with van der Waals surface area (Å²) in [5.41, 5.74) is 0. The van der Waals surface area contributed by atoms with Gasteiger partial charge in [0.1, 0.15) is 0 Å². The van der Waals surface area contributed by atoms with Crippen LogP contribution in [0, 0.1) is 5.92 Å². The van der Waals surface area contributed by atoms with Crippen molar-refractivity contribution >= 4 is 17.7 Å². The summed E-state index contributed by atoms with van der Waals surface area (Å²) in [6.45, 7) is 4.23. The molecule has 0 aliphatic carbocycles. The number of hydrogen-bond acceptors (Lipinski definition) is 4. The molecule has 3 saturated heterocycles. The third-order valence-corrected chi connectivity index (χ3v) is 6.54. The van der Waals surface area contributed by atoms with Crippen LogP contribution in [0.25, 0.3) is 0 Å². The zero-order valence-corrected chi connectivity index (χ0v) is 17.6. The molecule has 7 heteroatoms. The lowest BCUT2D eigenvalue weighted by molar-refractivity contribution is -0.142. The lowest BCUT2D eigenvalue weighted by Crippen LogP contribution is -2.50. The van der Waals surface area contributed by atoms with Crippen molar-refractivity contribution in [3.8, 4) is 0 Å². The molecule has 28 heavy (non-hydrogen) atoms. The molecule has 0 radical (unpaired) electrons. The van der Waals surface area contributed by atoms with Crippen molar-refractivity contribution in [2.24, 2.45) is 5.92 Å². The fraction of sp³-hybridized carbons (Fsp3) is 0.857. The largest absolute Gasteiger partial charge is 0.347 e. The number of carbonyl (C=O) groups is 3. The molecule has 3 aliphatic rings. The van der Waals surface area contributed by atoms with Crippen molar-refractivity contribution in [3.05, 3.63) is 0 Å². The first-order chi connectivity index (χ1) is 13.5. The first-order valence-corrected chi connectivity index (χ1v) is 11.0. The van der Waals surface area contributed by atoms with Gasteiger partial charge in [-0.2, -0.15) is 0 Å². The quantitative estimate of drug-likeness (QED) is 0.721. The van der Waals surface area contributed by atoms with Gasteiger partial charge < -0.3 is 14.7 Å². The Labute approximate surface area is 169 Å². The highest BCUT2D eigenvalue weighted by Gasteiger charge is 2.35. The van der Waals surface area contributed by atoms with E-state index in [9.17, 15) is 14.4 Å². The fourth-order valence-electron chi connectivity index (χ4n) is 4.79. The molecular weight excluding hydrogens is 356 g/mol. The van der Waals surface area contributed by atoms with Crippen molar-refractivity contribution < 1.29 is 14.4 Å². The van der Waals surface area contributed by atoms with Crippen LogP contribution in [0.2, 0.25) is 0 Å². The summed E-state index contributed by atoms with van der Waals surface area (Å²) in [5.74, 6) is 0.549. The van der Waals surface area contributed by atoms with E-state index in [1.165, 1.54) is 12.8 Å². The first-order valence-electron chi connectivity index (χ1n) is 11.0. The maximum atomic E-state index is 12.8. The molecular formula is C21H36N4O3. The van der Waals surface area contributed by atoms with Crippen LogP contribution in [0.15, 0.2) is 0 Å². The van der Waals surface area contributed by atoms with Crippen LogP contribution in [0.5, 0.6) is 0 Å². The van der Waals surface area contributed by atoms with Crippen LogP contribution in [-0.2, 0) is 14.4 Å². The highest BCUT2D eigenvalue weighted by Crippen LogP contribution is 2.23. The maximum absolute atomic E-state index is 12.8. The summed E-state index contributed by atoms with van der Waals surface area (Å²) in [6.07, 6.45) is 8.01. The van der Waals surface area contributed by atoms with E-state index in [-0.39, 0.29) is 23.8 Å². The summed E-state index contributed by atoms with van der Waals surface area (Å²) in [4.78, 5) is 45.5. The molecule has 3 rings (SSSR count).